The molecule has 2 N–H and O–H groups in total. The monoisotopic (exact) mass is 262 g/mol. The highest BCUT2D eigenvalue weighted by Gasteiger charge is 2.21. The van der Waals surface area contributed by atoms with Gasteiger partial charge in [-0.05, 0) is 25.0 Å². The molecule has 1 fully saturated rings. The summed E-state index contributed by atoms with van der Waals surface area (Å²) < 4.78 is 26.3. The molecule has 1 heterocycles. The third-order valence-corrected chi connectivity index (χ3v) is 2.79. The van der Waals surface area contributed by atoms with Crippen molar-refractivity contribution in [3.8, 4) is 0 Å². The Kier molecular flexibility index (Phi) is 2.98. The molecule has 1 aromatic heterocycles. The molecular formula is C13H12F2N4. The maximum absolute atomic E-state index is 13.5. The summed E-state index contributed by atoms with van der Waals surface area (Å²) in [5, 5.41) is 6.02. The molecule has 1 aliphatic rings. The van der Waals surface area contributed by atoms with Crippen LogP contribution in [-0.2, 0) is 0 Å². The molecule has 1 aromatic carbocycles. The summed E-state index contributed by atoms with van der Waals surface area (Å²) in [4.78, 5) is 8.09. The van der Waals surface area contributed by atoms with Crippen LogP contribution < -0.4 is 10.6 Å². The van der Waals surface area contributed by atoms with E-state index in [0.29, 0.717) is 17.7 Å². The zero-order valence-electron chi connectivity index (χ0n) is 10.0. The van der Waals surface area contributed by atoms with E-state index < -0.39 is 11.6 Å². The molecule has 0 saturated heterocycles. The molecule has 98 valence electrons. The fraction of sp³-hybridized carbons (Fsp3) is 0.231. The van der Waals surface area contributed by atoms with E-state index in [-0.39, 0.29) is 5.69 Å². The van der Waals surface area contributed by atoms with E-state index >= 15 is 0 Å². The molecular weight excluding hydrogens is 250 g/mol. The summed E-state index contributed by atoms with van der Waals surface area (Å²) in [5.41, 5.74) is 0.178. The van der Waals surface area contributed by atoms with E-state index in [9.17, 15) is 8.78 Å². The Morgan fingerprint density at radius 2 is 1.84 bits per heavy atom. The van der Waals surface area contributed by atoms with Crippen LogP contribution in [0.4, 0.5) is 26.1 Å². The number of aromatic nitrogens is 2. The highest BCUT2D eigenvalue weighted by atomic mass is 19.1. The van der Waals surface area contributed by atoms with E-state index in [1.807, 2.05) is 0 Å². The summed E-state index contributed by atoms with van der Waals surface area (Å²) >= 11 is 0. The fourth-order valence-electron chi connectivity index (χ4n) is 1.67. The molecule has 0 aliphatic heterocycles. The van der Waals surface area contributed by atoms with Crippen molar-refractivity contribution in [3.05, 3.63) is 42.2 Å². The number of nitrogens with one attached hydrogen (secondary N) is 2. The summed E-state index contributed by atoms with van der Waals surface area (Å²) in [6.07, 6.45) is 3.67. The lowest BCUT2D eigenvalue weighted by Gasteiger charge is -2.08. The summed E-state index contributed by atoms with van der Waals surface area (Å²) in [6.45, 7) is 0. The van der Waals surface area contributed by atoms with Gasteiger partial charge in [0.2, 0.25) is 0 Å². The van der Waals surface area contributed by atoms with Crippen LogP contribution in [-0.4, -0.2) is 16.0 Å². The first-order chi connectivity index (χ1) is 9.20. The number of nitrogens with zero attached hydrogens (tertiary/aromatic N) is 2. The molecule has 0 bridgehead atoms. The highest BCUT2D eigenvalue weighted by molar-refractivity contribution is 5.59. The van der Waals surface area contributed by atoms with Crippen molar-refractivity contribution in [2.24, 2.45) is 0 Å². The summed E-state index contributed by atoms with van der Waals surface area (Å²) in [5.74, 6) is -0.108. The van der Waals surface area contributed by atoms with Gasteiger partial charge in [0.1, 0.15) is 29.6 Å². The number of benzene rings is 1. The van der Waals surface area contributed by atoms with Crippen LogP contribution in [0.3, 0.4) is 0 Å². The van der Waals surface area contributed by atoms with Gasteiger partial charge in [-0.2, -0.15) is 0 Å². The number of halogens is 2. The summed E-state index contributed by atoms with van der Waals surface area (Å²) in [6, 6.07) is 5.52. The van der Waals surface area contributed by atoms with Gasteiger partial charge < -0.3 is 10.6 Å². The molecule has 3 rings (SSSR count). The van der Waals surface area contributed by atoms with Gasteiger partial charge in [0, 0.05) is 18.2 Å². The van der Waals surface area contributed by atoms with Crippen molar-refractivity contribution in [3.63, 3.8) is 0 Å². The van der Waals surface area contributed by atoms with Crippen LogP contribution in [0.1, 0.15) is 12.8 Å². The van der Waals surface area contributed by atoms with Crippen molar-refractivity contribution in [1.82, 2.24) is 9.97 Å². The van der Waals surface area contributed by atoms with Crippen molar-refractivity contribution < 1.29 is 8.78 Å². The maximum Gasteiger partial charge on any atom is 0.149 e. The number of hydrogen-bond acceptors (Lipinski definition) is 4. The SMILES string of the molecule is Fc1ccc(Nc2cc(NC3CC3)ncn2)c(F)c1. The van der Waals surface area contributed by atoms with E-state index in [0.717, 1.165) is 18.9 Å². The first kappa shape index (κ1) is 11.8. The predicted molar refractivity (Wildman–Crippen MR) is 68.3 cm³/mol. The van der Waals surface area contributed by atoms with Crippen LogP contribution >= 0.6 is 0 Å². The molecule has 4 nitrogen and oxygen atoms in total. The van der Waals surface area contributed by atoms with Crippen molar-refractivity contribution >= 4 is 17.3 Å². The quantitative estimate of drug-likeness (QED) is 0.889. The Morgan fingerprint density at radius 1 is 1.05 bits per heavy atom. The van der Waals surface area contributed by atoms with Crippen molar-refractivity contribution in [1.29, 1.82) is 0 Å². The average molecular weight is 262 g/mol. The van der Waals surface area contributed by atoms with Crippen LogP contribution in [0.5, 0.6) is 0 Å². The number of anilines is 3. The Hall–Kier alpha value is -2.24. The minimum atomic E-state index is -0.657. The standard InChI is InChI=1S/C13H12F2N4/c14-8-1-4-11(10(15)5-8)19-13-6-12(16-7-17-13)18-9-2-3-9/h1,4-7,9H,2-3H2,(H2,16,17,18,19). The van der Waals surface area contributed by atoms with Crippen LogP contribution in [0.2, 0.25) is 0 Å². The minimum Gasteiger partial charge on any atom is -0.367 e. The minimum absolute atomic E-state index is 0.178. The Morgan fingerprint density at radius 3 is 2.58 bits per heavy atom. The Bertz CT molecular complexity index is 599. The lowest BCUT2D eigenvalue weighted by atomic mass is 10.3. The third kappa shape index (κ3) is 2.96. The van der Waals surface area contributed by atoms with Gasteiger partial charge in [-0.1, -0.05) is 0 Å². The second-order valence-electron chi connectivity index (χ2n) is 4.46. The van der Waals surface area contributed by atoms with Gasteiger partial charge >= 0.3 is 0 Å². The topological polar surface area (TPSA) is 49.8 Å². The first-order valence-corrected chi connectivity index (χ1v) is 6.01. The second-order valence-corrected chi connectivity index (χ2v) is 4.46. The Labute approximate surface area is 108 Å². The molecule has 1 saturated carbocycles. The smallest absolute Gasteiger partial charge is 0.149 e. The highest BCUT2D eigenvalue weighted by Crippen LogP contribution is 2.25. The van der Waals surface area contributed by atoms with Crippen LogP contribution in [0.25, 0.3) is 0 Å². The zero-order valence-corrected chi connectivity index (χ0v) is 10.0. The lowest BCUT2D eigenvalue weighted by Crippen LogP contribution is -2.04. The van der Waals surface area contributed by atoms with E-state index in [2.05, 4.69) is 20.6 Å². The van der Waals surface area contributed by atoms with Crippen molar-refractivity contribution in [2.45, 2.75) is 18.9 Å². The molecule has 0 unspecified atom stereocenters. The van der Waals surface area contributed by atoms with Gasteiger partial charge in [-0.15, -0.1) is 0 Å². The van der Waals surface area contributed by atoms with E-state index in [1.165, 1.54) is 18.5 Å². The predicted octanol–water partition coefficient (Wildman–Crippen LogP) is 3.07. The van der Waals surface area contributed by atoms with Gasteiger partial charge in [-0.3, -0.25) is 0 Å². The van der Waals surface area contributed by atoms with E-state index in [4.69, 9.17) is 0 Å². The first-order valence-electron chi connectivity index (χ1n) is 6.01. The molecule has 1 aliphatic carbocycles. The normalized spacial score (nSPS) is 14.2. The van der Waals surface area contributed by atoms with E-state index in [1.54, 1.807) is 6.07 Å². The zero-order chi connectivity index (χ0) is 13.2. The second kappa shape index (κ2) is 4.79. The third-order valence-electron chi connectivity index (χ3n) is 2.79. The molecule has 19 heavy (non-hydrogen) atoms. The molecule has 0 atom stereocenters. The largest absolute Gasteiger partial charge is 0.367 e. The fourth-order valence-corrected chi connectivity index (χ4v) is 1.67. The maximum atomic E-state index is 13.5. The Balaban J connectivity index is 1.78. The van der Waals surface area contributed by atoms with Gasteiger partial charge in [0.25, 0.3) is 0 Å². The number of hydrogen-bond donors (Lipinski definition) is 2. The lowest BCUT2D eigenvalue weighted by molar-refractivity contribution is 0.586. The summed E-state index contributed by atoms with van der Waals surface area (Å²) in [7, 11) is 0. The molecule has 6 heteroatoms. The molecule has 0 radical (unpaired) electrons. The van der Waals surface area contributed by atoms with Gasteiger partial charge in [0.15, 0.2) is 0 Å². The molecule has 2 aromatic rings. The average Bonchev–Trinajstić information content (AvgIpc) is 3.17. The molecule has 0 spiro atoms. The van der Waals surface area contributed by atoms with Crippen LogP contribution in [0.15, 0.2) is 30.6 Å². The van der Waals surface area contributed by atoms with Crippen LogP contribution in [0, 0.1) is 11.6 Å². The van der Waals surface area contributed by atoms with Gasteiger partial charge in [0.05, 0.1) is 5.69 Å². The number of rotatable bonds is 4. The van der Waals surface area contributed by atoms with Crippen molar-refractivity contribution in [2.75, 3.05) is 10.6 Å². The molecule has 0 amide bonds. The van der Waals surface area contributed by atoms with Gasteiger partial charge in [-0.25, -0.2) is 18.7 Å².